The number of thioether (sulfide) groups is 1. The highest BCUT2D eigenvalue weighted by Crippen LogP contribution is 2.36. The Hall–Kier alpha value is -2.63. The van der Waals surface area contributed by atoms with Gasteiger partial charge in [-0.05, 0) is 35.0 Å². The first-order chi connectivity index (χ1) is 14.7. The van der Waals surface area contributed by atoms with Crippen molar-refractivity contribution in [3.63, 3.8) is 0 Å². The molecule has 1 aromatic carbocycles. The van der Waals surface area contributed by atoms with Gasteiger partial charge in [-0.15, -0.1) is 0 Å². The number of carbonyl (C=O) groups excluding carboxylic acids is 1. The highest BCUT2D eigenvalue weighted by molar-refractivity contribution is 8.00. The van der Waals surface area contributed by atoms with Gasteiger partial charge in [0.25, 0.3) is 5.91 Å². The maximum absolute atomic E-state index is 12.7. The number of rotatable bonds is 5. The van der Waals surface area contributed by atoms with Gasteiger partial charge in [-0.1, -0.05) is 12.1 Å². The molecule has 0 spiro atoms. The van der Waals surface area contributed by atoms with Crippen molar-refractivity contribution in [1.29, 1.82) is 0 Å². The van der Waals surface area contributed by atoms with Crippen molar-refractivity contribution in [1.82, 2.24) is 19.7 Å². The Balaban J connectivity index is 1.62. The quantitative estimate of drug-likeness (QED) is 0.642. The zero-order chi connectivity index (χ0) is 22.2. The van der Waals surface area contributed by atoms with Crippen LogP contribution in [0.4, 0.5) is 13.2 Å². The minimum Gasteiger partial charge on any atom is -0.365 e. The van der Waals surface area contributed by atoms with Crippen LogP contribution in [-0.2, 0) is 18.3 Å². The van der Waals surface area contributed by atoms with Gasteiger partial charge in [0, 0.05) is 43.8 Å². The second-order valence-corrected chi connectivity index (χ2v) is 8.50. The SMILES string of the molecule is Cn1cc(-c2cc(C(N)=O)nc3cc(CN4CCOC(SC(F)(F)F)C4)ccc23)cn1. The maximum atomic E-state index is 12.7. The summed E-state index contributed by atoms with van der Waals surface area (Å²) in [6.45, 7) is 1.37. The zero-order valence-electron chi connectivity index (χ0n) is 16.6. The van der Waals surface area contributed by atoms with Gasteiger partial charge in [0.1, 0.15) is 11.1 Å². The number of benzene rings is 1. The lowest BCUT2D eigenvalue weighted by Crippen LogP contribution is -2.41. The van der Waals surface area contributed by atoms with Crippen molar-refractivity contribution < 1.29 is 22.7 Å². The molecule has 11 heteroatoms. The number of aromatic nitrogens is 3. The van der Waals surface area contributed by atoms with Crippen LogP contribution in [-0.4, -0.2) is 56.2 Å². The van der Waals surface area contributed by atoms with Crippen LogP contribution in [0.3, 0.4) is 0 Å². The van der Waals surface area contributed by atoms with Crippen molar-refractivity contribution >= 4 is 28.6 Å². The summed E-state index contributed by atoms with van der Waals surface area (Å²) in [7, 11) is 1.80. The smallest absolute Gasteiger partial charge is 0.365 e. The molecule has 3 heterocycles. The fourth-order valence-corrected chi connectivity index (χ4v) is 4.34. The number of amides is 1. The molecule has 31 heavy (non-hydrogen) atoms. The molecule has 0 radical (unpaired) electrons. The average Bonchev–Trinajstić information content (AvgIpc) is 3.12. The first kappa shape index (κ1) is 21.6. The van der Waals surface area contributed by atoms with Gasteiger partial charge in [-0.3, -0.25) is 14.4 Å². The van der Waals surface area contributed by atoms with E-state index in [-0.39, 0.29) is 30.6 Å². The summed E-state index contributed by atoms with van der Waals surface area (Å²) in [6, 6.07) is 7.29. The number of morpholine rings is 1. The normalized spacial score (nSPS) is 17.9. The highest BCUT2D eigenvalue weighted by atomic mass is 32.2. The molecule has 1 atom stereocenters. The van der Waals surface area contributed by atoms with Gasteiger partial charge in [0.2, 0.25) is 0 Å². The molecule has 1 unspecified atom stereocenters. The van der Waals surface area contributed by atoms with E-state index in [0.717, 1.165) is 22.1 Å². The van der Waals surface area contributed by atoms with Crippen molar-refractivity contribution in [3.8, 4) is 11.1 Å². The maximum Gasteiger partial charge on any atom is 0.444 e. The van der Waals surface area contributed by atoms with Crippen LogP contribution in [0.2, 0.25) is 0 Å². The predicted molar refractivity (Wildman–Crippen MR) is 111 cm³/mol. The third-order valence-electron chi connectivity index (χ3n) is 4.93. The molecular weight excluding hydrogens is 431 g/mol. The number of nitrogens with zero attached hydrogens (tertiary/aromatic N) is 4. The molecule has 3 aromatic rings. The Labute approximate surface area is 180 Å². The van der Waals surface area contributed by atoms with E-state index in [1.807, 2.05) is 29.3 Å². The summed E-state index contributed by atoms with van der Waals surface area (Å²) in [5.41, 5.74) is 3.38. The molecule has 2 aromatic heterocycles. The molecule has 164 valence electrons. The largest absolute Gasteiger partial charge is 0.444 e. The third-order valence-corrected chi connectivity index (χ3v) is 5.75. The predicted octanol–water partition coefficient (Wildman–Crippen LogP) is 3.15. The molecular formula is C20H20F3N5O2S. The Morgan fingerprint density at radius 2 is 2.16 bits per heavy atom. The van der Waals surface area contributed by atoms with E-state index in [1.165, 1.54) is 0 Å². The summed E-state index contributed by atoms with van der Waals surface area (Å²) in [6.07, 6.45) is 3.53. The van der Waals surface area contributed by atoms with E-state index >= 15 is 0 Å². The molecule has 0 saturated carbocycles. The molecule has 0 aliphatic carbocycles. The molecule has 0 bridgehead atoms. The number of hydrogen-bond donors (Lipinski definition) is 1. The summed E-state index contributed by atoms with van der Waals surface area (Å²) < 4.78 is 44.9. The summed E-state index contributed by atoms with van der Waals surface area (Å²) in [5.74, 6) is -0.641. The number of halogens is 3. The average molecular weight is 451 g/mol. The van der Waals surface area contributed by atoms with E-state index in [0.29, 0.717) is 18.6 Å². The number of ether oxygens (including phenoxy) is 1. The van der Waals surface area contributed by atoms with Crippen LogP contribution in [0.1, 0.15) is 16.1 Å². The van der Waals surface area contributed by atoms with Crippen LogP contribution in [0.15, 0.2) is 36.7 Å². The molecule has 1 aliphatic heterocycles. The Bertz CT molecular complexity index is 1120. The van der Waals surface area contributed by atoms with Gasteiger partial charge < -0.3 is 10.5 Å². The topological polar surface area (TPSA) is 86.3 Å². The van der Waals surface area contributed by atoms with Crippen molar-refractivity contribution in [2.75, 3.05) is 19.7 Å². The third kappa shape index (κ3) is 5.17. The van der Waals surface area contributed by atoms with E-state index in [9.17, 15) is 18.0 Å². The van der Waals surface area contributed by atoms with Crippen LogP contribution in [0.5, 0.6) is 0 Å². The number of primary amides is 1. The number of aryl methyl sites for hydroxylation is 1. The van der Waals surface area contributed by atoms with Crippen LogP contribution in [0, 0.1) is 0 Å². The van der Waals surface area contributed by atoms with Gasteiger partial charge in [-0.2, -0.15) is 18.3 Å². The number of alkyl halides is 3. The van der Waals surface area contributed by atoms with Crippen LogP contribution < -0.4 is 5.73 Å². The second kappa shape index (κ2) is 8.48. The summed E-state index contributed by atoms with van der Waals surface area (Å²) in [5, 5.41) is 5.01. The Morgan fingerprint density at radius 1 is 1.35 bits per heavy atom. The second-order valence-electron chi connectivity index (χ2n) is 7.27. The van der Waals surface area contributed by atoms with Crippen LogP contribution >= 0.6 is 11.8 Å². The number of carbonyl (C=O) groups is 1. The number of fused-ring (bicyclic) bond motifs is 1. The van der Waals surface area contributed by atoms with E-state index in [1.54, 1.807) is 24.0 Å². The van der Waals surface area contributed by atoms with E-state index in [4.69, 9.17) is 10.5 Å². The molecule has 1 saturated heterocycles. The number of hydrogen-bond acceptors (Lipinski definition) is 6. The molecule has 2 N–H and O–H groups in total. The van der Waals surface area contributed by atoms with E-state index < -0.39 is 16.9 Å². The lowest BCUT2D eigenvalue weighted by Gasteiger charge is -2.32. The monoisotopic (exact) mass is 451 g/mol. The molecule has 4 rings (SSSR count). The number of pyridine rings is 1. The number of nitrogens with two attached hydrogens (primary N) is 1. The van der Waals surface area contributed by atoms with Crippen LogP contribution in [0.25, 0.3) is 22.0 Å². The Morgan fingerprint density at radius 3 is 2.84 bits per heavy atom. The fourth-order valence-electron chi connectivity index (χ4n) is 3.59. The molecule has 1 fully saturated rings. The van der Waals surface area contributed by atoms with Crippen molar-refractivity contribution in [3.05, 3.63) is 47.9 Å². The zero-order valence-corrected chi connectivity index (χ0v) is 17.4. The standard InChI is InChI=1S/C20H20F3N5O2S/c1-27-10-13(8-25-27)15-7-17(19(24)29)26-16-6-12(2-3-14(15)16)9-28-4-5-30-18(11-28)31-20(21,22)23/h2-3,6-8,10,18H,4-5,9,11H2,1H3,(H2,24,29). The molecule has 1 aliphatic rings. The lowest BCUT2D eigenvalue weighted by molar-refractivity contribution is -0.0431. The fraction of sp³-hybridized carbons (Fsp3) is 0.350. The minimum absolute atomic E-state index is 0.134. The first-order valence-electron chi connectivity index (χ1n) is 9.49. The summed E-state index contributed by atoms with van der Waals surface area (Å²) >= 11 is -0.134. The summed E-state index contributed by atoms with van der Waals surface area (Å²) in [4.78, 5) is 18.1. The lowest BCUT2D eigenvalue weighted by atomic mass is 10.0. The molecule has 1 amide bonds. The van der Waals surface area contributed by atoms with Gasteiger partial charge in [0.15, 0.2) is 0 Å². The minimum atomic E-state index is -4.34. The first-order valence-corrected chi connectivity index (χ1v) is 10.4. The van der Waals surface area contributed by atoms with Gasteiger partial charge in [0.05, 0.1) is 18.3 Å². The Kier molecular flexibility index (Phi) is 5.91. The highest BCUT2D eigenvalue weighted by Gasteiger charge is 2.35. The molecule has 7 nitrogen and oxygen atoms in total. The van der Waals surface area contributed by atoms with Crippen molar-refractivity contribution in [2.24, 2.45) is 12.8 Å². The van der Waals surface area contributed by atoms with Gasteiger partial charge >= 0.3 is 5.51 Å². The van der Waals surface area contributed by atoms with E-state index in [2.05, 4.69) is 10.1 Å². The van der Waals surface area contributed by atoms with Crippen molar-refractivity contribution in [2.45, 2.75) is 17.5 Å². The van der Waals surface area contributed by atoms with Gasteiger partial charge in [-0.25, -0.2) is 4.98 Å².